The van der Waals surface area contributed by atoms with Crippen LogP contribution in [0.5, 0.6) is 5.75 Å². The Kier molecular flexibility index (Phi) is 4.74. The van der Waals surface area contributed by atoms with E-state index in [9.17, 15) is 9.59 Å². The molecule has 0 aliphatic rings. The van der Waals surface area contributed by atoms with Gasteiger partial charge in [-0.3, -0.25) is 9.59 Å². The third-order valence-electron chi connectivity index (χ3n) is 2.18. The molecule has 2 aromatic rings. The minimum atomic E-state index is -0.486. The number of rotatable bonds is 5. The summed E-state index contributed by atoms with van der Waals surface area (Å²) in [6.45, 7) is 1.75. The molecule has 2 aromatic heterocycles. The minimum Gasteiger partial charge on any atom is -0.502 e. The van der Waals surface area contributed by atoms with Gasteiger partial charge in [0.25, 0.3) is 0 Å². The summed E-state index contributed by atoms with van der Waals surface area (Å²) in [6.07, 6.45) is 1.38. The monoisotopic (exact) mass is 313 g/mol. The van der Waals surface area contributed by atoms with Crippen molar-refractivity contribution < 1.29 is 14.3 Å². The number of aromatic hydroxyl groups is 1. The van der Waals surface area contributed by atoms with E-state index in [-0.39, 0.29) is 5.91 Å². The number of aromatic nitrogens is 2. The maximum Gasteiger partial charge on any atom is 0.226 e. The van der Waals surface area contributed by atoms with Crippen molar-refractivity contribution in [2.75, 3.05) is 5.32 Å². The van der Waals surface area contributed by atoms with Crippen LogP contribution in [0.1, 0.15) is 19.1 Å². The van der Waals surface area contributed by atoms with Crippen LogP contribution in [0.25, 0.3) is 0 Å². The molecular weight excluding hydrogens is 302 g/mol. The lowest BCUT2D eigenvalue weighted by molar-refractivity contribution is -0.115. The predicted molar refractivity (Wildman–Crippen MR) is 75.0 cm³/mol. The van der Waals surface area contributed by atoms with E-state index in [1.54, 1.807) is 6.92 Å². The summed E-state index contributed by atoms with van der Waals surface area (Å²) in [5.41, 5.74) is -0.486. The average molecular weight is 313 g/mol. The second kappa shape index (κ2) is 6.53. The Morgan fingerprint density at radius 2 is 2.35 bits per heavy atom. The van der Waals surface area contributed by atoms with Crippen LogP contribution in [-0.2, 0) is 10.5 Å². The normalized spacial score (nSPS) is 10.4. The predicted octanol–water partition coefficient (Wildman–Crippen LogP) is 1.84. The van der Waals surface area contributed by atoms with Crippen LogP contribution < -0.4 is 10.7 Å². The lowest BCUT2D eigenvalue weighted by atomic mass is 10.4. The Labute approximate surface area is 122 Å². The summed E-state index contributed by atoms with van der Waals surface area (Å²) in [5.74, 6) is 0.264. The van der Waals surface area contributed by atoms with Crippen molar-refractivity contribution in [3.63, 3.8) is 0 Å². The number of carbonyl (C=O) groups is 1. The number of nitrogens with one attached hydrogen (secondary N) is 1. The maximum atomic E-state index is 11.2. The fourth-order valence-corrected chi connectivity index (χ4v) is 2.84. The van der Waals surface area contributed by atoms with Gasteiger partial charge in [-0.05, 0) is 0 Å². The van der Waals surface area contributed by atoms with E-state index in [1.165, 1.54) is 29.2 Å². The first-order valence-electron chi connectivity index (χ1n) is 5.65. The number of hydrogen-bond acceptors (Lipinski definition) is 8. The van der Waals surface area contributed by atoms with E-state index in [0.717, 1.165) is 6.26 Å². The molecule has 0 atom stereocenters. The molecule has 1 amide bonds. The zero-order chi connectivity index (χ0) is 14.5. The zero-order valence-corrected chi connectivity index (χ0v) is 12.1. The van der Waals surface area contributed by atoms with Crippen molar-refractivity contribution in [3.8, 4) is 5.75 Å². The van der Waals surface area contributed by atoms with Gasteiger partial charge >= 0.3 is 0 Å². The highest BCUT2D eigenvalue weighted by Crippen LogP contribution is 2.28. The molecule has 0 unspecified atom stereocenters. The van der Waals surface area contributed by atoms with Crippen LogP contribution in [0.15, 0.2) is 25.9 Å². The molecule has 9 heteroatoms. The molecule has 0 fully saturated rings. The van der Waals surface area contributed by atoms with Gasteiger partial charge in [0.2, 0.25) is 16.5 Å². The molecule has 106 valence electrons. The van der Waals surface area contributed by atoms with Crippen molar-refractivity contribution in [3.05, 3.63) is 28.3 Å². The van der Waals surface area contributed by atoms with Crippen LogP contribution in [0, 0.1) is 0 Å². The van der Waals surface area contributed by atoms with E-state index in [1.807, 2.05) is 0 Å². The zero-order valence-electron chi connectivity index (χ0n) is 10.5. The summed E-state index contributed by atoms with van der Waals surface area (Å²) in [4.78, 5) is 22.4. The first kappa shape index (κ1) is 14.5. The van der Waals surface area contributed by atoms with E-state index < -0.39 is 11.2 Å². The molecule has 7 nitrogen and oxygen atoms in total. The number of nitrogens with zero attached hydrogens (tertiary/aromatic N) is 2. The molecule has 2 rings (SSSR count). The van der Waals surface area contributed by atoms with Crippen LogP contribution in [0.3, 0.4) is 0 Å². The van der Waals surface area contributed by atoms with Gasteiger partial charge < -0.3 is 14.8 Å². The van der Waals surface area contributed by atoms with Crippen LogP contribution >= 0.6 is 23.1 Å². The average Bonchev–Trinajstić information content (AvgIpc) is 2.87. The fourth-order valence-electron chi connectivity index (χ4n) is 1.18. The molecule has 0 aromatic carbocycles. The first-order valence-corrected chi connectivity index (χ1v) is 7.45. The smallest absolute Gasteiger partial charge is 0.226 e. The van der Waals surface area contributed by atoms with Crippen molar-refractivity contribution in [1.29, 1.82) is 0 Å². The Bertz CT molecular complexity index is 668. The van der Waals surface area contributed by atoms with Gasteiger partial charge in [0.15, 0.2) is 10.1 Å². The number of thioether (sulfide) groups is 1. The lowest BCUT2D eigenvalue weighted by Crippen LogP contribution is -2.08. The fraction of sp³-hybridized carbons (Fsp3) is 0.273. The molecule has 0 radical (unpaired) electrons. The maximum absolute atomic E-state index is 11.2. The summed E-state index contributed by atoms with van der Waals surface area (Å²) in [5, 5.41) is 19.9. The van der Waals surface area contributed by atoms with Crippen LogP contribution in [-0.4, -0.2) is 21.2 Å². The molecule has 0 aliphatic heterocycles. The minimum absolute atomic E-state index is 0.123. The van der Waals surface area contributed by atoms with Gasteiger partial charge in [-0.15, -0.1) is 10.2 Å². The highest BCUT2D eigenvalue weighted by Gasteiger charge is 2.09. The third-order valence-corrected chi connectivity index (χ3v) is 4.17. The van der Waals surface area contributed by atoms with Crippen molar-refractivity contribution in [2.24, 2.45) is 0 Å². The molecular formula is C11H11N3O4S2. The Balaban J connectivity index is 1.95. The quantitative estimate of drug-likeness (QED) is 0.641. The molecule has 20 heavy (non-hydrogen) atoms. The number of carbonyl (C=O) groups excluding carboxylic acids is 1. The van der Waals surface area contributed by atoms with Crippen molar-refractivity contribution in [1.82, 2.24) is 10.2 Å². The second-order valence-corrected chi connectivity index (χ2v) is 5.86. The highest BCUT2D eigenvalue weighted by atomic mass is 32.2. The third kappa shape index (κ3) is 3.81. The van der Waals surface area contributed by atoms with Crippen molar-refractivity contribution in [2.45, 2.75) is 23.4 Å². The second-order valence-electron chi connectivity index (χ2n) is 3.66. The van der Waals surface area contributed by atoms with E-state index in [0.29, 0.717) is 27.4 Å². The van der Waals surface area contributed by atoms with E-state index in [4.69, 9.17) is 9.52 Å². The van der Waals surface area contributed by atoms with Crippen molar-refractivity contribution >= 4 is 34.1 Å². The molecule has 2 N–H and O–H groups in total. The van der Waals surface area contributed by atoms with Crippen LogP contribution in [0.2, 0.25) is 0 Å². The summed E-state index contributed by atoms with van der Waals surface area (Å²) in [7, 11) is 0. The Morgan fingerprint density at radius 3 is 3.05 bits per heavy atom. The SMILES string of the molecule is CCC(=O)Nc1nnc(SCc2cc(=O)c(O)co2)s1. The summed E-state index contributed by atoms with van der Waals surface area (Å²) in [6, 6.07) is 1.23. The van der Waals surface area contributed by atoms with Crippen LogP contribution in [0.4, 0.5) is 5.13 Å². The van der Waals surface area contributed by atoms with E-state index in [2.05, 4.69) is 15.5 Å². The molecule has 0 spiro atoms. The molecule has 2 heterocycles. The van der Waals surface area contributed by atoms with Gasteiger partial charge in [-0.25, -0.2) is 0 Å². The summed E-state index contributed by atoms with van der Waals surface area (Å²) >= 11 is 2.57. The summed E-state index contributed by atoms with van der Waals surface area (Å²) < 4.78 is 5.71. The van der Waals surface area contributed by atoms with Gasteiger partial charge in [-0.1, -0.05) is 30.0 Å². The van der Waals surface area contributed by atoms with Gasteiger partial charge in [0, 0.05) is 12.5 Å². The number of anilines is 1. The van der Waals surface area contributed by atoms with E-state index >= 15 is 0 Å². The standard InChI is InChI=1S/C11H11N3O4S2/c1-2-9(17)12-10-13-14-11(20-10)19-5-6-3-7(15)8(16)4-18-6/h3-4,16H,2,5H2,1H3,(H,12,13,17). The number of amides is 1. The van der Waals surface area contributed by atoms with Gasteiger partial charge in [0.05, 0.1) is 5.75 Å². The van der Waals surface area contributed by atoms with Gasteiger partial charge in [-0.2, -0.15) is 0 Å². The largest absolute Gasteiger partial charge is 0.502 e. The first-order chi connectivity index (χ1) is 9.58. The van der Waals surface area contributed by atoms with Gasteiger partial charge in [0.1, 0.15) is 12.0 Å². The Morgan fingerprint density at radius 1 is 1.55 bits per heavy atom. The lowest BCUT2D eigenvalue weighted by Gasteiger charge is -1.97. The molecule has 0 saturated carbocycles. The molecule has 0 saturated heterocycles. The Hall–Kier alpha value is -1.87. The molecule has 0 bridgehead atoms. The number of hydrogen-bond donors (Lipinski definition) is 2. The highest BCUT2D eigenvalue weighted by molar-refractivity contribution is 8.00. The molecule has 0 aliphatic carbocycles. The topological polar surface area (TPSA) is 105 Å².